The molecule has 4 aromatic rings. The van der Waals surface area contributed by atoms with E-state index in [-0.39, 0.29) is 11.5 Å². The topological polar surface area (TPSA) is 86.7 Å². The molecule has 1 fully saturated rings. The fraction of sp³-hybridized carbons (Fsp3) is 0.167. The third-order valence-corrected chi connectivity index (χ3v) is 8.47. The number of urea groups is 1. The number of ketones is 1. The standard InChI is InChI=1S/C30H23ClF2N2O4S/c1-30(28(37)38)25(17-4-8-19(31)9-5-17)24(27(36)23-3-2-16-40-23)26(18-6-10-20(32)11-7-18)35(30)29(39)34-22-14-12-21(33)13-15-22/h2-16,24-26H,1H3,(H,34,39)(H,37,38). The Labute approximate surface area is 237 Å². The van der Waals surface area contributed by atoms with Crippen LogP contribution in [0.4, 0.5) is 19.3 Å². The number of carbonyl (C=O) groups is 3. The number of carboxylic acids is 1. The zero-order chi connectivity index (χ0) is 28.6. The Kier molecular flexibility index (Phi) is 7.44. The number of rotatable bonds is 6. The van der Waals surface area contributed by atoms with Crippen LogP contribution < -0.4 is 5.32 Å². The van der Waals surface area contributed by atoms with Gasteiger partial charge in [-0.25, -0.2) is 18.4 Å². The second-order valence-corrected chi connectivity index (χ2v) is 11.0. The largest absolute Gasteiger partial charge is 0.479 e. The summed E-state index contributed by atoms with van der Waals surface area (Å²) in [4.78, 5) is 42.9. The number of nitrogens with one attached hydrogen (secondary N) is 1. The number of nitrogens with zero attached hydrogens (tertiary/aromatic N) is 1. The Bertz CT molecular complexity index is 1550. The molecule has 4 unspecified atom stereocenters. The number of carboxylic acid groups (broad SMARTS) is 1. The van der Waals surface area contributed by atoms with Crippen molar-refractivity contribution in [2.75, 3.05) is 5.32 Å². The van der Waals surface area contributed by atoms with Crippen LogP contribution in [0.15, 0.2) is 90.3 Å². The van der Waals surface area contributed by atoms with Gasteiger partial charge in [-0.15, -0.1) is 11.3 Å². The van der Waals surface area contributed by atoms with Crippen molar-refractivity contribution in [3.63, 3.8) is 0 Å². The lowest BCUT2D eigenvalue weighted by molar-refractivity contribution is -0.148. The van der Waals surface area contributed by atoms with Gasteiger partial charge in [0.15, 0.2) is 5.78 Å². The van der Waals surface area contributed by atoms with Gasteiger partial charge in [0.1, 0.15) is 17.2 Å². The van der Waals surface area contributed by atoms with Crippen molar-refractivity contribution in [3.05, 3.63) is 123 Å². The van der Waals surface area contributed by atoms with E-state index in [4.69, 9.17) is 11.6 Å². The van der Waals surface area contributed by atoms with Crippen LogP contribution in [0, 0.1) is 17.6 Å². The van der Waals surface area contributed by atoms with Crippen molar-refractivity contribution in [1.82, 2.24) is 4.90 Å². The van der Waals surface area contributed by atoms with Gasteiger partial charge >= 0.3 is 12.0 Å². The minimum atomic E-state index is -1.95. The monoisotopic (exact) mass is 580 g/mol. The molecule has 1 aromatic heterocycles. The summed E-state index contributed by atoms with van der Waals surface area (Å²) in [6.45, 7) is 1.40. The number of benzene rings is 3. The first-order valence-electron chi connectivity index (χ1n) is 12.3. The lowest BCUT2D eigenvalue weighted by Crippen LogP contribution is -2.55. The molecular formula is C30H23ClF2N2O4S. The predicted molar refractivity (Wildman–Crippen MR) is 149 cm³/mol. The number of hydrogen-bond acceptors (Lipinski definition) is 4. The Morgan fingerprint density at radius 3 is 2.02 bits per heavy atom. The van der Waals surface area contributed by atoms with Crippen molar-refractivity contribution >= 4 is 46.4 Å². The van der Waals surface area contributed by atoms with E-state index in [0.29, 0.717) is 21.0 Å². The molecule has 204 valence electrons. The smallest absolute Gasteiger partial charge is 0.330 e. The first kappa shape index (κ1) is 27.5. The van der Waals surface area contributed by atoms with Crippen LogP contribution in [0.5, 0.6) is 0 Å². The molecule has 1 saturated heterocycles. The number of amides is 2. The quantitative estimate of drug-likeness (QED) is 0.233. The minimum Gasteiger partial charge on any atom is -0.479 e. The molecule has 0 aliphatic carbocycles. The van der Waals surface area contributed by atoms with Gasteiger partial charge in [0, 0.05) is 16.6 Å². The van der Waals surface area contributed by atoms with E-state index >= 15 is 0 Å². The predicted octanol–water partition coefficient (Wildman–Crippen LogP) is 7.39. The molecule has 1 aliphatic heterocycles. The SMILES string of the molecule is CC1(C(=O)O)C(c2ccc(Cl)cc2)C(C(=O)c2cccs2)C(c2ccc(F)cc2)N1C(=O)Nc1ccc(F)cc1. The fourth-order valence-corrected chi connectivity index (χ4v) is 6.36. The highest BCUT2D eigenvalue weighted by Crippen LogP contribution is 2.57. The van der Waals surface area contributed by atoms with Crippen LogP contribution in [0.1, 0.15) is 39.7 Å². The number of aliphatic carboxylic acids is 1. The third-order valence-electron chi connectivity index (χ3n) is 7.34. The average Bonchev–Trinajstić information content (AvgIpc) is 3.56. The van der Waals surface area contributed by atoms with Crippen LogP contribution in [-0.4, -0.2) is 33.3 Å². The lowest BCUT2D eigenvalue weighted by atomic mass is 9.72. The van der Waals surface area contributed by atoms with Crippen molar-refractivity contribution < 1.29 is 28.3 Å². The maximum Gasteiger partial charge on any atom is 0.330 e. The minimum absolute atomic E-state index is 0.230. The normalized spacial score (nSPS) is 22.2. The number of hydrogen-bond donors (Lipinski definition) is 2. The number of halogens is 3. The second kappa shape index (κ2) is 10.8. The fourth-order valence-electron chi connectivity index (χ4n) is 5.52. The highest BCUT2D eigenvalue weighted by atomic mass is 35.5. The van der Waals surface area contributed by atoms with Crippen LogP contribution in [0.2, 0.25) is 5.02 Å². The molecule has 4 atom stereocenters. The average molecular weight is 581 g/mol. The maximum atomic E-state index is 14.2. The Morgan fingerprint density at radius 1 is 0.900 bits per heavy atom. The summed E-state index contributed by atoms with van der Waals surface area (Å²) in [7, 11) is 0. The van der Waals surface area contributed by atoms with Gasteiger partial charge in [0.05, 0.1) is 16.8 Å². The highest BCUT2D eigenvalue weighted by molar-refractivity contribution is 7.12. The van der Waals surface area contributed by atoms with E-state index in [1.807, 2.05) is 0 Å². The summed E-state index contributed by atoms with van der Waals surface area (Å²) in [5.41, 5.74) is -0.842. The number of thiophene rings is 1. The van der Waals surface area contributed by atoms with Crippen LogP contribution in [-0.2, 0) is 4.79 Å². The van der Waals surface area contributed by atoms with E-state index in [1.54, 1.807) is 41.8 Å². The number of carbonyl (C=O) groups excluding carboxylic acids is 2. The van der Waals surface area contributed by atoms with Gasteiger partial charge < -0.3 is 10.4 Å². The molecule has 0 spiro atoms. The molecule has 0 bridgehead atoms. The molecule has 0 saturated carbocycles. The summed E-state index contributed by atoms with van der Waals surface area (Å²) in [5, 5.41) is 15.6. The molecule has 5 rings (SSSR count). The number of Topliss-reactive ketones (excluding diaryl/α,β-unsaturated/α-hetero) is 1. The summed E-state index contributed by atoms with van der Waals surface area (Å²) in [6, 6.07) is 18.2. The molecule has 2 amide bonds. The van der Waals surface area contributed by atoms with Crippen molar-refractivity contribution in [2.45, 2.75) is 24.4 Å². The first-order valence-corrected chi connectivity index (χ1v) is 13.5. The Morgan fingerprint density at radius 2 is 1.48 bits per heavy atom. The molecular weight excluding hydrogens is 558 g/mol. The molecule has 10 heteroatoms. The van der Waals surface area contributed by atoms with E-state index in [1.165, 1.54) is 54.7 Å². The molecule has 1 aliphatic rings. The van der Waals surface area contributed by atoms with Crippen molar-refractivity contribution in [2.24, 2.45) is 5.92 Å². The Hall–Kier alpha value is -4.08. The molecule has 2 N–H and O–H groups in total. The second-order valence-electron chi connectivity index (χ2n) is 9.65. The number of anilines is 1. The van der Waals surface area contributed by atoms with Crippen LogP contribution in [0.25, 0.3) is 0 Å². The van der Waals surface area contributed by atoms with Gasteiger partial charge in [0.2, 0.25) is 0 Å². The van der Waals surface area contributed by atoms with E-state index in [2.05, 4.69) is 5.32 Å². The van der Waals surface area contributed by atoms with Crippen LogP contribution in [0.3, 0.4) is 0 Å². The van der Waals surface area contributed by atoms with Crippen LogP contribution >= 0.6 is 22.9 Å². The van der Waals surface area contributed by atoms with Gasteiger partial charge in [-0.1, -0.05) is 41.9 Å². The first-order chi connectivity index (χ1) is 19.1. The third kappa shape index (κ3) is 4.87. The van der Waals surface area contributed by atoms with Gasteiger partial charge in [-0.2, -0.15) is 0 Å². The summed E-state index contributed by atoms with van der Waals surface area (Å²) < 4.78 is 27.5. The summed E-state index contributed by atoms with van der Waals surface area (Å²) >= 11 is 7.34. The Balaban J connectivity index is 1.75. The van der Waals surface area contributed by atoms with Gasteiger partial charge in [-0.05, 0) is 78.0 Å². The molecule has 0 radical (unpaired) electrons. The summed E-state index contributed by atoms with van der Waals surface area (Å²) in [5.74, 6) is -4.82. The van der Waals surface area contributed by atoms with Crippen molar-refractivity contribution in [1.29, 1.82) is 0 Å². The van der Waals surface area contributed by atoms with E-state index in [0.717, 1.165) is 17.0 Å². The van der Waals surface area contributed by atoms with Gasteiger partial charge in [-0.3, -0.25) is 9.69 Å². The van der Waals surface area contributed by atoms with E-state index in [9.17, 15) is 28.3 Å². The number of likely N-dealkylation sites (tertiary alicyclic amines) is 1. The summed E-state index contributed by atoms with van der Waals surface area (Å²) in [6.07, 6.45) is 0. The molecule has 6 nitrogen and oxygen atoms in total. The zero-order valence-electron chi connectivity index (χ0n) is 21.1. The molecule has 40 heavy (non-hydrogen) atoms. The molecule has 3 aromatic carbocycles. The molecule has 2 heterocycles. The highest BCUT2D eigenvalue weighted by Gasteiger charge is 2.65. The maximum absolute atomic E-state index is 14.2. The lowest BCUT2D eigenvalue weighted by Gasteiger charge is -2.37. The van der Waals surface area contributed by atoms with Gasteiger partial charge in [0.25, 0.3) is 0 Å². The van der Waals surface area contributed by atoms with Crippen molar-refractivity contribution in [3.8, 4) is 0 Å². The van der Waals surface area contributed by atoms with E-state index < -0.39 is 47.1 Å². The zero-order valence-corrected chi connectivity index (χ0v) is 22.6.